The molecule has 266 valence electrons. The summed E-state index contributed by atoms with van der Waals surface area (Å²) in [6, 6.07) is 28.5. The highest BCUT2D eigenvalue weighted by Crippen LogP contribution is 2.61. The minimum Gasteiger partial charge on any atom is -0.305 e. The molecule has 0 heterocycles. The Morgan fingerprint density at radius 2 is 1.06 bits per heavy atom. The van der Waals surface area contributed by atoms with E-state index in [4.69, 9.17) is 0 Å². The van der Waals surface area contributed by atoms with E-state index >= 15 is 0 Å². The van der Waals surface area contributed by atoms with Gasteiger partial charge in [-0.25, -0.2) is 0 Å². The molecule has 0 aliphatic rings. The Morgan fingerprint density at radius 3 is 1.52 bits per heavy atom. The maximum Gasteiger partial charge on any atom is 0.0283 e. The molecule has 0 aliphatic heterocycles. The molecule has 48 heavy (non-hydrogen) atoms. The monoisotopic (exact) mass is 715 g/mol. The van der Waals surface area contributed by atoms with Gasteiger partial charge in [-0.15, -0.1) is 0 Å². The van der Waals surface area contributed by atoms with Crippen LogP contribution in [0.5, 0.6) is 0 Å². The van der Waals surface area contributed by atoms with Crippen molar-refractivity contribution < 1.29 is 0 Å². The summed E-state index contributed by atoms with van der Waals surface area (Å²) in [7, 11) is 4.29. The van der Waals surface area contributed by atoms with Crippen molar-refractivity contribution in [1.29, 1.82) is 0 Å². The van der Waals surface area contributed by atoms with Gasteiger partial charge in [0.15, 0.2) is 0 Å². The highest BCUT2D eigenvalue weighted by molar-refractivity contribution is 9.08. The van der Waals surface area contributed by atoms with Crippen LogP contribution in [0.4, 0.5) is 0 Å². The molecule has 0 saturated carbocycles. The lowest BCUT2D eigenvalue weighted by atomic mass is 9.49. The van der Waals surface area contributed by atoms with Gasteiger partial charge in [-0.3, -0.25) is 0 Å². The number of aryl methyl sites for hydroxylation is 1. The van der Waals surface area contributed by atoms with Gasteiger partial charge >= 0.3 is 0 Å². The zero-order valence-corrected chi connectivity index (χ0v) is 35.1. The summed E-state index contributed by atoms with van der Waals surface area (Å²) in [6.45, 7) is 33.2. The Kier molecular flexibility index (Phi) is 13.5. The zero-order chi connectivity index (χ0) is 36.2. The molecule has 0 spiro atoms. The Labute approximate surface area is 305 Å². The van der Waals surface area contributed by atoms with Gasteiger partial charge in [0.05, 0.1) is 0 Å². The third-order valence-corrected chi connectivity index (χ3v) is 12.7. The number of rotatable bonds is 14. The standard InChI is InChI=1S/C46H70BrN/c1-32-16-22-38(23-17-32)41(29-43(4,5)6)45(10,11)46(12,13)42(39-26-18-35(30-47)19-27-39)34(3)33(2)28-40(44(7,8)9)37-24-20-36(21-25-37)31-48(14)15/h16-27,33-34,40-42H,28-31H2,1-15H3. The highest BCUT2D eigenvalue weighted by Gasteiger charge is 2.51. The van der Waals surface area contributed by atoms with Gasteiger partial charge in [-0.1, -0.05) is 177 Å². The van der Waals surface area contributed by atoms with E-state index in [0.717, 1.165) is 18.3 Å². The van der Waals surface area contributed by atoms with Gasteiger partial charge in [-0.05, 0) is 113 Å². The van der Waals surface area contributed by atoms with Crippen molar-refractivity contribution in [2.24, 2.45) is 33.5 Å². The van der Waals surface area contributed by atoms with Crippen molar-refractivity contribution >= 4 is 15.9 Å². The summed E-state index contributed by atoms with van der Waals surface area (Å²) >= 11 is 3.70. The third kappa shape index (κ3) is 10.1. The molecule has 0 N–H and O–H groups in total. The molecule has 1 nitrogen and oxygen atoms in total. The minimum absolute atomic E-state index is 0.00244. The van der Waals surface area contributed by atoms with E-state index < -0.39 is 0 Å². The average Bonchev–Trinajstić information content (AvgIpc) is 2.98. The van der Waals surface area contributed by atoms with Gasteiger partial charge in [0.25, 0.3) is 0 Å². The van der Waals surface area contributed by atoms with Crippen LogP contribution in [0.25, 0.3) is 0 Å². The molecular formula is C46H70BrN. The van der Waals surface area contributed by atoms with Crippen molar-refractivity contribution in [3.8, 4) is 0 Å². The van der Waals surface area contributed by atoms with E-state index in [-0.39, 0.29) is 21.7 Å². The van der Waals surface area contributed by atoms with Crippen molar-refractivity contribution in [2.75, 3.05) is 14.1 Å². The highest BCUT2D eigenvalue weighted by atomic mass is 79.9. The van der Waals surface area contributed by atoms with Crippen LogP contribution in [0, 0.1) is 40.4 Å². The van der Waals surface area contributed by atoms with Crippen LogP contribution in [0.3, 0.4) is 0 Å². The SMILES string of the molecule is Cc1ccc(C(CC(C)(C)C)C(C)(C)C(C)(C)C(c2ccc(CBr)cc2)C(C)C(C)CC(c2ccc(CN(C)C)cc2)C(C)(C)C)cc1. The van der Waals surface area contributed by atoms with Crippen LogP contribution in [0.1, 0.15) is 147 Å². The van der Waals surface area contributed by atoms with E-state index in [0.29, 0.717) is 29.6 Å². The van der Waals surface area contributed by atoms with Crippen LogP contribution in [-0.4, -0.2) is 19.0 Å². The normalized spacial score (nSPS) is 16.4. The van der Waals surface area contributed by atoms with Gasteiger partial charge in [0, 0.05) is 11.9 Å². The van der Waals surface area contributed by atoms with Crippen LogP contribution >= 0.6 is 15.9 Å². The molecule has 0 fully saturated rings. The molecule has 0 aliphatic carbocycles. The van der Waals surface area contributed by atoms with Crippen molar-refractivity contribution in [3.63, 3.8) is 0 Å². The summed E-state index contributed by atoms with van der Waals surface area (Å²) in [4.78, 5) is 2.25. The van der Waals surface area contributed by atoms with E-state index in [1.807, 2.05) is 0 Å². The number of hydrogen-bond acceptors (Lipinski definition) is 1. The quantitative estimate of drug-likeness (QED) is 0.150. The summed E-state index contributed by atoms with van der Waals surface area (Å²) in [5, 5.41) is 0.889. The van der Waals surface area contributed by atoms with E-state index in [1.165, 1.54) is 39.8 Å². The lowest BCUT2D eigenvalue weighted by Gasteiger charge is -2.55. The van der Waals surface area contributed by atoms with E-state index in [9.17, 15) is 0 Å². The van der Waals surface area contributed by atoms with Gasteiger partial charge < -0.3 is 4.90 Å². The molecule has 3 aromatic rings. The van der Waals surface area contributed by atoms with Crippen LogP contribution in [0.15, 0.2) is 72.8 Å². The number of alkyl halides is 1. The number of hydrogen-bond donors (Lipinski definition) is 0. The molecule has 3 rings (SSSR count). The molecular weight excluding hydrogens is 646 g/mol. The van der Waals surface area contributed by atoms with Gasteiger partial charge in [0.1, 0.15) is 0 Å². The fourth-order valence-corrected chi connectivity index (χ4v) is 8.74. The molecule has 2 heteroatoms. The number of nitrogens with zero attached hydrogens (tertiary/aromatic N) is 1. The Balaban J connectivity index is 2.11. The fraction of sp³-hybridized carbons (Fsp3) is 0.609. The molecule has 5 atom stereocenters. The predicted octanol–water partition coefficient (Wildman–Crippen LogP) is 13.8. The number of benzene rings is 3. The molecule has 0 bridgehead atoms. The topological polar surface area (TPSA) is 3.24 Å². The second kappa shape index (κ2) is 16.0. The summed E-state index contributed by atoms with van der Waals surface area (Å²) in [5.74, 6) is 2.33. The largest absolute Gasteiger partial charge is 0.305 e. The summed E-state index contributed by atoms with van der Waals surface area (Å²) in [6.07, 6.45) is 2.33. The molecule has 5 unspecified atom stereocenters. The summed E-state index contributed by atoms with van der Waals surface area (Å²) < 4.78 is 0. The van der Waals surface area contributed by atoms with Gasteiger partial charge in [0.2, 0.25) is 0 Å². The molecule has 0 aromatic heterocycles. The molecule has 3 aromatic carbocycles. The summed E-state index contributed by atoms with van der Waals surface area (Å²) in [5.41, 5.74) is 8.90. The second-order valence-corrected chi connectivity index (χ2v) is 19.6. The maximum atomic E-state index is 3.70. The Bertz CT molecular complexity index is 1400. The number of halogens is 1. The first-order chi connectivity index (χ1) is 22.1. The lowest BCUT2D eigenvalue weighted by Crippen LogP contribution is -2.46. The third-order valence-electron chi connectivity index (χ3n) is 12.1. The smallest absolute Gasteiger partial charge is 0.0283 e. The first-order valence-corrected chi connectivity index (χ1v) is 19.7. The average molecular weight is 717 g/mol. The molecule has 0 radical (unpaired) electrons. The maximum absolute atomic E-state index is 3.70. The molecule has 0 saturated heterocycles. The fourth-order valence-electron chi connectivity index (χ4n) is 8.37. The van der Waals surface area contributed by atoms with Crippen molar-refractivity contribution in [3.05, 3.63) is 106 Å². The van der Waals surface area contributed by atoms with Gasteiger partial charge in [-0.2, -0.15) is 0 Å². The van der Waals surface area contributed by atoms with Crippen molar-refractivity contribution in [1.82, 2.24) is 4.90 Å². The van der Waals surface area contributed by atoms with E-state index in [2.05, 4.69) is 198 Å². The van der Waals surface area contributed by atoms with Crippen LogP contribution < -0.4 is 0 Å². The minimum atomic E-state index is 0.00244. The molecule has 0 amide bonds. The van der Waals surface area contributed by atoms with Crippen molar-refractivity contribution in [2.45, 2.75) is 132 Å². The predicted molar refractivity (Wildman–Crippen MR) is 216 cm³/mol. The second-order valence-electron chi connectivity index (χ2n) is 19.0. The first kappa shape index (κ1) is 40.5. The Hall–Kier alpha value is -1.90. The lowest BCUT2D eigenvalue weighted by molar-refractivity contribution is 0.00385. The first-order valence-electron chi connectivity index (χ1n) is 18.5. The Morgan fingerprint density at radius 1 is 0.604 bits per heavy atom. The zero-order valence-electron chi connectivity index (χ0n) is 33.5. The van der Waals surface area contributed by atoms with Crippen LogP contribution in [-0.2, 0) is 11.9 Å². The van der Waals surface area contributed by atoms with Crippen LogP contribution in [0.2, 0.25) is 0 Å². The van der Waals surface area contributed by atoms with E-state index in [1.54, 1.807) is 0 Å².